The summed E-state index contributed by atoms with van der Waals surface area (Å²) < 4.78 is 0. The highest BCUT2D eigenvalue weighted by Gasteiger charge is 2.18. The minimum absolute atomic E-state index is 0.390. The Morgan fingerprint density at radius 1 is 1.16 bits per heavy atom. The van der Waals surface area contributed by atoms with Gasteiger partial charge in [-0.2, -0.15) is 0 Å². The van der Waals surface area contributed by atoms with Crippen LogP contribution in [0.15, 0.2) is 17.5 Å². The number of thiophene rings is 1. The maximum Gasteiger partial charge on any atom is 0.0564 e. The van der Waals surface area contributed by atoms with Crippen molar-refractivity contribution in [3.05, 3.63) is 22.4 Å². The molecule has 1 rings (SSSR count). The van der Waals surface area contributed by atoms with E-state index >= 15 is 0 Å². The van der Waals surface area contributed by atoms with Crippen LogP contribution in [0.4, 0.5) is 0 Å². The summed E-state index contributed by atoms with van der Waals surface area (Å²) in [4.78, 5) is 6.39. The zero-order valence-corrected chi connectivity index (χ0v) is 13.5. The molecule has 1 heterocycles. The van der Waals surface area contributed by atoms with Crippen LogP contribution in [0.1, 0.15) is 38.1 Å². The SMILES string of the molecule is CCN(CC)CCCN(CC)C(CN)c1cccs1. The first-order valence-corrected chi connectivity index (χ1v) is 8.34. The van der Waals surface area contributed by atoms with Crippen LogP contribution in [0.5, 0.6) is 0 Å². The van der Waals surface area contributed by atoms with E-state index in [1.54, 1.807) is 0 Å². The predicted octanol–water partition coefficient (Wildman–Crippen LogP) is 2.80. The average Bonchev–Trinajstić information content (AvgIpc) is 2.96. The molecule has 2 N–H and O–H groups in total. The van der Waals surface area contributed by atoms with Gasteiger partial charge >= 0.3 is 0 Å². The lowest BCUT2D eigenvalue weighted by atomic mass is 10.2. The van der Waals surface area contributed by atoms with Crippen molar-refractivity contribution in [1.82, 2.24) is 9.80 Å². The van der Waals surface area contributed by atoms with Crippen molar-refractivity contribution >= 4 is 11.3 Å². The third-order valence-corrected chi connectivity index (χ3v) is 4.73. The van der Waals surface area contributed by atoms with E-state index in [2.05, 4.69) is 48.1 Å². The van der Waals surface area contributed by atoms with Crippen molar-refractivity contribution in [3.8, 4) is 0 Å². The van der Waals surface area contributed by atoms with E-state index in [0.29, 0.717) is 12.6 Å². The zero-order chi connectivity index (χ0) is 14.1. The number of rotatable bonds is 10. The van der Waals surface area contributed by atoms with Crippen LogP contribution in [0.3, 0.4) is 0 Å². The fraction of sp³-hybridized carbons (Fsp3) is 0.733. The molecule has 4 heteroatoms. The molecular formula is C15H29N3S. The Morgan fingerprint density at radius 3 is 2.37 bits per heavy atom. The molecule has 0 aliphatic rings. The number of likely N-dealkylation sites (N-methyl/N-ethyl adjacent to an activating group) is 1. The van der Waals surface area contributed by atoms with Gasteiger partial charge < -0.3 is 10.6 Å². The molecule has 1 atom stereocenters. The third kappa shape index (κ3) is 5.22. The fourth-order valence-electron chi connectivity index (χ4n) is 2.50. The number of hydrogen-bond acceptors (Lipinski definition) is 4. The van der Waals surface area contributed by atoms with Gasteiger partial charge in [0.2, 0.25) is 0 Å². The Balaban J connectivity index is 2.47. The molecule has 0 saturated heterocycles. The van der Waals surface area contributed by atoms with Crippen LogP contribution in [0.25, 0.3) is 0 Å². The molecule has 0 aromatic carbocycles. The van der Waals surface area contributed by atoms with E-state index in [9.17, 15) is 0 Å². The summed E-state index contributed by atoms with van der Waals surface area (Å²) in [7, 11) is 0. The van der Waals surface area contributed by atoms with Crippen LogP contribution in [-0.4, -0.2) is 49.1 Å². The van der Waals surface area contributed by atoms with Crippen LogP contribution in [0, 0.1) is 0 Å². The zero-order valence-electron chi connectivity index (χ0n) is 12.6. The largest absolute Gasteiger partial charge is 0.329 e. The van der Waals surface area contributed by atoms with Gasteiger partial charge in [-0.1, -0.05) is 26.8 Å². The van der Waals surface area contributed by atoms with E-state index in [1.807, 2.05) is 11.3 Å². The number of nitrogens with two attached hydrogens (primary N) is 1. The monoisotopic (exact) mass is 283 g/mol. The van der Waals surface area contributed by atoms with Crippen molar-refractivity contribution < 1.29 is 0 Å². The first kappa shape index (κ1) is 16.6. The summed E-state index contributed by atoms with van der Waals surface area (Å²) in [5.41, 5.74) is 5.98. The second-order valence-corrected chi connectivity index (χ2v) is 5.76. The summed E-state index contributed by atoms with van der Waals surface area (Å²) in [6.45, 7) is 13.1. The van der Waals surface area contributed by atoms with Crippen molar-refractivity contribution in [2.75, 3.05) is 39.3 Å². The molecule has 110 valence electrons. The summed E-state index contributed by atoms with van der Waals surface area (Å²) in [6, 6.07) is 4.71. The number of nitrogens with zero attached hydrogens (tertiary/aromatic N) is 2. The van der Waals surface area contributed by atoms with Gasteiger partial charge in [-0.15, -0.1) is 11.3 Å². The van der Waals surface area contributed by atoms with Gasteiger partial charge in [0.25, 0.3) is 0 Å². The summed E-state index contributed by atoms with van der Waals surface area (Å²) in [6.07, 6.45) is 1.22. The molecule has 0 bridgehead atoms. The standard InChI is InChI=1S/C15H29N3S/c1-4-17(5-2)10-8-11-18(6-3)14(13-16)15-9-7-12-19-15/h7,9,12,14H,4-6,8,10-11,13,16H2,1-3H3. The minimum atomic E-state index is 0.390. The van der Waals surface area contributed by atoms with Gasteiger partial charge in [-0.25, -0.2) is 0 Å². The maximum absolute atomic E-state index is 5.98. The molecule has 1 aromatic rings. The highest BCUT2D eigenvalue weighted by molar-refractivity contribution is 7.10. The van der Waals surface area contributed by atoms with E-state index in [1.165, 1.54) is 17.8 Å². The average molecular weight is 283 g/mol. The molecule has 0 saturated carbocycles. The molecule has 0 aliphatic carbocycles. The fourth-order valence-corrected chi connectivity index (χ4v) is 3.37. The first-order valence-electron chi connectivity index (χ1n) is 7.46. The molecule has 0 radical (unpaired) electrons. The normalized spacial score (nSPS) is 13.4. The van der Waals surface area contributed by atoms with Gasteiger partial charge in [-0.3, -0.25) is 4.90 Å². The van der Waals surface area contributed by atoms with Gasteiger partial charge in [0.15, 0.2) is 0 Å². The summed E-state index contributed by atoms with van der Waals surface area (Å²) in [5.74, 6) is 0. The molecule has 0 aliphatic heterocycles. The van der Waals surface area contributed by atoms with E-state index in [4.69, 9.17) is 5.73 Å². The van der Waals surface area contributed by atoms with E-state index in [0.717, 1.165) is 26.2 Å². The third-order valence-electron chi connectivity index (χ3n) is 3.76. The van der Waals surface area contributed by atoms with Crippen LogP contribution in [0.2, 0.25) is 0 Å². The number of hydrogen-bond donors (Lipinski definition) is 1. The van der Waals surface area contributed by atoms with Crippen LogP contribution < -0.4 is 5.73 Å². The van der Waals surface area contributed by atoms with Gasteiger partial charge in [0.05, 0.1) is 6.04 Å². The van der Waals surface area contributed by atoms with Crippen molar-refractivity contribution in [1.29, 1.82) is 0 Å². The lowest BCUT2D eigenvalue weighted by molar-refractivity contribution is 0.195. The maximum atomic E-state index is 5.98. The predicted molar refractivity (Wildman–Crippen MR) is 85.8 cm³/mol. The second-order valence-electron chi connectivity index (χ2n) is 4.78. The summed E-state index contributed by atoms with van der Waals surface area (Å²) >= 11 is 1.82. The topological polar surface area (TPSA) is 32.5 Å². The Morgan fingerprint density at radius 2 is 1.89 bits per heavy atom. The molecule has 19 heavy (non-hydrogen) atoms. The van der Waals surface area contributed by atoms with E-state index in [-0.39, 0.29) is 0 Å². The first-order chi connectivity index (χ1) is 9.26. The Labute approximate surface area is 122 Å². The smallest absolute Gasteiger partial charge is 0.0564 e. The lowest BCUT2D eigenvalue weighted by Crippen LogP contribution is -2.35. The second kappa shape index (κ2) is 9.48. The molecule has 0 amide bonds. The van der Waals surface area contributed by atoms with Crippen LogP contribution in [-0.2, 0) is 0 Å². The van der Waals surface area contributed by atoms with Crippen molar-refractivity contribution in [2.45, 2.75) is 33.2 Å². The molecule has 3 nitrogen and oxygen atoms in total. The van der Waals surface area contributed by atoms with Gasteiger partial charge in [-0.05, 0) is 44.0 Å². The lowest BCUT2D eigenvalue weighted by Gasteiger charge is -2.30. The highest BCUT2D eigenvalue weighted by atomic mass is 32.1. The Kier molecular flexibility index (Phi) is 8.30. The Bertz CT molecular complexity index is 309. The van der Waals surface area contributed by atoms with E-state index < -0.39 is 0 Å². The van der Waals surface area contributed by atoms with Gasteiger partial charge in [0.1, 0.15) is 0 Å². The Hall–Kier alpha value is -0.420. The minimum Gasteiger partial charge on any atom is -0.329 e. The quantitative estimate of drug-likeness (QED) is 0.716. The molecule has 0 fully saturated rings. The highest BCUT2D eigenvalue weighted by Crippen LogP contribution is 2.24. The summed E-state index contributed by atoms with van der Waals surface area (Å²) in [5, 5.41) is 2.14. The van der Waals surface area contributed by atoms with Gasteiger partial charge in [0, 0.05) is 18.0 Å². The molecule has 0 spiro atoms. The molecular weight excluding hydrogens is 254 g/mol. The van der Waals surface area contributed by atoms with Crippen molar-refractivity contribution in [2.24, 2.45) is 5.73 Å². The molecule has 1 aromatic heterocycles. The van der Waals surface area contributed by atoms with Crippen LogP contribution >= 0.6 is 11.3 Å². The molecule has 1 unspecified atom stereocenters. The van der Waals surface area contributed by atoms with Crippen molar-refractivity contribution in [3.63, 3.8) is 0 Å².